The minimum Gasteiger partial charge on any atom is -0.495 e. The summed E-state index contributed by atoms with van der Waals surface area (Å²) >= 11 is 6.72. The Morgan fingerprint density at radius 1 is 1.19 bits per heavy atom. The number of methoxy groups -OCH3 is 1. The van der Waals surface area contributed by atoms with E-state index in [0.29, 0.717) is 16.5 Å². The number of benzene rings is 2. The smallest absolute Gasteiger partial charge is 0.316 e. The van der Waals surface area contributed by atoms with Gasteiger partial charge in [-0.05, 0) is 36.4 Å². The molecule has 0 spiro atoms. The second kappa shape index (κ2) is 9.40. The molecule has 0 bridgehead atoms. The van der Waals surface area contributed by atoms with Crippen LogP contribution in [0.15, 0.2) is 41.3 Å². The third kappa shape index (κ3) is 5.89. The second-order valence-corrected chi connectivity index (χ2v) is 6.35. The molecule has 1 amide bonds. The molecule has 9 heteroatoms. The quantitative estimate of drug-likeness (QED) is 0.563. The van der Waals surface area contributed by atoms with E-state index in [9.17, 15) is 18.4 Å². The first-order valence-electron chi connectivity index (χ1n) is 7.26. The van der Waals surface area contributed by atoms with Crippen LogP contribution in [0.2, 0.25) is 5.02 Å². The Bertz CT molecular complexity index is 819. The van der Waals surface area contributed by atoms with Gasteiger partial charge in [-0.1, -0.05) is 11.6 Å². The van der Waals surface area contributed by atoms with E-state index in [-0.39, 0.29) is 10.6 Å². The maximum atomic E-state index is 13.4. The summed E-state index contributed by atoms with van der Waals surface area (Å²) in [5, 5.41) is 2.82. The van der Waals surface area contributed by atoms with Crippen molar-refractivity contribution in [3.63, 3.8) is 0 Å². The maximum absolute atomic E-state index is 13.4. The largest absolute Gasteiger partial charge is 0.495 e. The van der Waals surface area contributed by atoms with Gasteiger partial charge in [0.25, 0.3) is 5.91 Å². The lowest BCUT2D eigenvalue weighted by Crippen LogP contribution is -2.21. The number of ether oxygens (including phenoxy) is 2. The predicted molar refractivity (Wildman–Crippen MR) is 94.7 cm³/mol. The molecule has 2 aromatic carbocycles. The molecule has 26 heavy (non-hydrogen) atoms. The molecule has 0 aliphatic rings. The van der Waals surface area contributed by atoms with Crippen LogP contribution >= 0.6 is 23.4 Å². The molecule has 0 unspecified atom stereocenters. The highest BCUT2D eigenvalue weighted by molar-refractivity contribution is 8.00. The van der Waals surface area contributed by atoms with Crippen LogP contribution in [0.3, 0.4) is 0 Å². The van der Waals surface area contributed by atoms with Crippen molar-refractivity contribution in [3.05, 3.63) is 53.1 Å². The minimum atomic E-state index is -0.735. The van der Waals surface area contributed by atoms with Crippen molar-refractivity contribution < 1.29 is 27.8 Å². The Kier molecular flexibility index (Phi) is 7.23. The van der Waals surface area contributed by atoms with E-state index in [1.54, 1.807) is 12.1 Å². The van der Waals surface area contributed by atoms with Crippen molar-refractivity contribution in [3.8, 4) is 5.75 Å². The number of amides is 1. The van der Waals surface area contributed by atoms with Crippen LogP contribution in [-0.2, 0) is 14.3 Å². The zero-order valence-electron chi connectivity index (χ0n) is 13.6. The average molecular weight is 402 g/mol. The van der Waals surface area contributed by atoms with Gasteiger partial charge < -0.3 is 14.8 Å². The fourth-order valence-electron chi connectivity index (χ4n) is 1.85. The van der Waals surface area contributed by atoms with Gasteiger partial charge >= 0.3 is 5.97 Å². The number of esters is 1. The van der Waals surface area contributed by atoms with Gasteiger partial charge in [-0.3, -0.25) is 9.59 Å². The molecule has 0 heterocycles. The molecule has 0 aromatic heterocycles. The van der Waals surface area contributed by atoms with E-state index in [2.05, 4.69) is 5.32 Å². The van der Waals surface area contributed by atoms with E-state index in [1.165, 1.54) is 13.2 Å². The van der Waals surface area contributed by atoms with Crippen LogP contribution in [-0.4, -0.2) is 31.3 Å². The number of rotatable bonds is 7. The topological polar surface area (TPSA) is 64.6 Å². The highest BCUT2D eigenvalue weighted by Gasteiger charge is 2.12. The summed E-state index contributed by atoms with van der Waals surface area (Å²) in [6, 6.07) is 7.57. The standard InChI is InChI=1S/C17H14ClF2NO4S/c1-24-14-5-3-11(7-12(14)18)21-16(22)8-25-17(23)9-26-15-6-10(19)2-4-13(15)20/h2-7H,8-9H2,1H3,(H,21,22). The number of thioether (sulfide) groups is 1. The van der Waals surface area contributed by atoms with Crippen LogP contribution in [0.1, 0.15) is 0 Å². The fraction of sp³-hybridized carbons (Fsp3) is 0.176. The molecule has 0 saturated heterocycles. The number of carbonyl (C=O) groups is 2. The lowest BCUT2D eigenvalue weighted by Gasteiger charge is -2.09. The zero-order valence-corrected chi connectivity index (χ0v) is 15.1. The molecular weight excluding hydrogens is 388 g/mol. The zero-order chi connectivity index (χ0) is 19.1. The highest BCUT2D eigenvalue weighted by Crippen LogP contribution is 2.27. The third-order valence-electron chi connectivity index (χ3n) is 3.04. The van der Waals surface area contributed by atoms with Crippen molar-refractivity contribution in [1.29, 1.82) is 0 Å². The summed E-state index contributed by atoms with van der Waals surface area (Å²) < 4.78 is 36.3. The molecule has 0 radical (unpaired) electrons. The van der Waals surface area contributed by atoms with E-state index >= 15 is 0 Å². The monoisotopic (exact) mass is 401 g/mol. The molecule has 5 nitrogen and oxygen atoms in total. The van der Waals surface area contributed by atoms with Crippen LogP contribution in [0.25, 0.3) is 0 Å². The number of carbonyl (C=O) groups excluding carboxylic acids is 2. The number of hydrogen-bond donors (Lipinski definition) is 1. The Balaban J connectivity index is 1.78. The Morgan fingerprint density at radius 2 is 1.96 bits per heavy atom. The lowest BCUT2D eigenvalue weighted by molar-refractivity contribution is -0.144. The Labute approximate surface area is 157 Å². The summed E-state index contributed by atoms with van der Waals surface area (Å²) in [6.07, 6.45) is 0. The summed E-state index contributed by atoms with van der Waals surface area (Å²) in [4.78, 5) is 23.4. The summed E-state index contributed by atoms with van der Waals surface area (Å²) in [5.41, 5.74) is 0.410. The number of hydrogen-bond acceptors (Lipinski definition) is 5. The molecule has 0 saturated carbocycles. The fourth-order valence-corrected chi connectivity index (χ4v) is 2.87. The number of anilines is 1. The van der Waals surface area contributed by atoms with Gasteiger partial charge in [-0.25, -0.2) is 8.78 Å². The molecule has 2 rings (SSSR count). The second-order valence-electron chi connectivity index (χ2n) is 4.92. The summed E-state index contributed by atoms with van der Waals surface area (Å²) in [5.74, 6) is -2.36. The minimum absolute atomic E-state index is 0.0146. The lowest BCUT2D eigenvalue weighted by atomic mass is 10.3. The SMILES string of the molecule is COc1ccc(NC(=O)COC(=O)CSc2cc(F)ccc2F)cc1Cl. The molecule has 138 valence electrons. The maximum Gasteiger partial charge on any atom is 0.316 e. The van der Waals surface area contributed by atoms with Crippen molar-refractivity contribution in [2.75, 3.05) is 24.8 Å². The van der Waals surface area contributed by atoms with Crippen molar-refractivity contribution >= 4 is 40.9 Å². The van der Waals surface area contributed by atoms with E-state index in [4.69, 9.17) is 21.1 Å². The van der Waals surface area contributed by atoms with Gasteiger partial charge in [0.15, 0.2) is 6.61 Å². The molecule has 0 atom stereocenters. The summed E-state index contributed by atoms with van der Waals surface area (Å²) in [7, 11) is 1.46. The molecule has 0 aliphatic carbocycles. The van der Waals surface area contributed by atoms with Crippen LogP contribution in [0, 0.1) is 11.6 Å². The molecular formula is C17H14ClF2NO4S. The van der Waals surface area contributed by atoms with Crippen LogP contribution < -0.4 is 10.1 Å². The molecule has 0 fully saturated rings. The van der Waals surface area contributed by atoms with Crippen molar-refractivity contribution in [2.45, 2.75) is 4.90 Å². The van der Waals surface area contributed by atoms with Gasteiger partial charge in [0.1, 0.15) is 17.4 Å². The molecule has 2 aromatic rings. The Hall–Kier alpha value is -2.32. The van der Waals surface area contributed by atoms with Gasteiger partial charge in [0, 0.05) is 10.6 Å². The van der Waals surface area contributed by atoms with Gasteiger partial charge in [-0.15, -0.1) is 11.8 Å². The van der Waals surface area contributed by atoms with E-state index < -0.39 is 30.1 Å². The first kappa shape index (κ1) is 20.0. The van der Waals surface area contributed by atoms with E-state index in [0.717, 1.165) is 30.0 Å². The first-order chi connectivity index (χ1) is 12.4. The van der Waals surface area contributed by atoms with Crippen molar-refractivity contribution in [1.82, 2.24) is 0 Å². The number of nitrogens with one attached hydrogen (secondary N) is 1. The highest BCUT2D eigenvalue weighted by atomic mass is 35.5. The summed E-state index contributed by atoms with van der Waals surface area (Å²) in [6.45, 7) is -0.519. The molecule has 0 aliphatic heterocycles. The number of halogens is 3. The Morgan fingerprint density at radius 3 is 2.65 bits per heavy atom. The van der Waals surface area contributed by atoms with Crippen LogP contribution in [0.4, 0.5) is 14.5 Å². The van der Waals surface area contributed by atoms with Gasteiger partial charge in [0.2, 0.25) is 0 Å². The van der Waals surface area contributed by atoms with Gasteiger partial charge in [-0.2, -0.15) is 0 Å². The normalized spacial score (nSPS) is 10.3. The van der Waals surface area contributed by atoms with Crippen LogP contribution in [0.5, 0.6) is 5.75 Å². The van der Waals surface area contributed by atoms with Gasteiger partial charge in [0.05, 0.1) is 17.9 Å². The van der Waals surface area contributed by atoms with Crippen molar-refractivity contribution in [2.24, 2.45) is 0 Å². The average Bonchev–Trinajstić information content (AvgIpc) is 2.61. The third-order valence-corrected chi connectivity index (χ3v) is 4.34. The first-order valence-corrected chi connectivity index (χ1v) is 8.62. The predicted octanol–water partition coefficient (Wildman–Crippen LogP) is 3.90. The molecule has 1 N–H and O–H groups in total. The van der Waals surface area contributed by atoms with E-state index in [1.807, 2.05) is 0 Å².